The first-order valence-corrected chi connectivity index (χ1v) is 8.11. The summed E-state index contributed by atoms with van der Waals surface area (Å²) < 4.78 is 7.26. The fourth-order valence-corrected chi connectivity index (χ4v) is 2.94. The summed E-state index contributed by atoms with van der Waals surface area (Å²) >= 11 is 0. The van der Waals surface area contributed by atoms with E-state index in [-0.39, 0.29) is 23.9 Å². The van der Waals surface area contributed by atoms with Crippen molar-refractivity contribution in [1.29, 1.82) is 0 Å². The Morgan fingerprint density at radius 2 is 2.12 bits per heavy atom. The number of aromatic nitrogens is 2. The topological polar surface area (TPSA) is 80.4 Å². The molecule has 0 saturated heterocycles. The maximum atomic E-state index is 12.7. The summed E-state index contributed by atoms with van der Waals surface area (Å²) in [5.74, 6) is 0.735. The SMILES string of the molecule is Cc1ccoc1C(=O)N1CCn2cc(C(=O)NC(C)C)nc2[C@@H]1C. The van der Waals surface area contributed by atoms with Gasteiger partial charge in [-0.05, 0) is 33.8 Å². The second kappa shape index (κ2) is 6.14. The van der Waals surface area contributed by atoms with Crippen LogP contribution in [0.5, 0.6) is 0 Å². The first-order valence-electron chi connectivity index (χ1n) is 8.11. The summed E-state index contributed by atoms with van der Waals surface area (Å²) in [6.07, 6.45) is 3.27. The summed E-state index contributed by atoms with van der Waals surface area (Å²) in [5, 5.41) is 2.84. The van der Waals surface area contributed by atoms with Gasteiger partial charge in [-0.15, -0.1) is 0 Å². The van der Waals surface area contributed by atoms with Gasteiger partial charge in [-0.3, -0.25) is 9.59 Å². The molecule has 1 aliphatic heterocycles. The smallest absolute Gasteiger partial charge is 0.290 e. The van der Waals surface area contributed by atoms with Gasteiger partial charge in [0.25, 0.3) is 11.8 Å². The molecule has 2 aromatic heterocycles. The number of aryl methyl sites for hydroxylation is 1. The number of hydrogen-bond acceptors (Lipinski definition) is 4. The molecule has 0 saturated carbocycles. The molecule has 0 unspecified atom stereocenters. The van der Waals surface area contributed by atoms with Crippen molar-refractivity contribution in [3.05, 3.63) is 41.4 Å². The molecule has 0 fully saturated rings. The van der Waals surface area contributed by atoms with Crippen molar-refractivity contribution in [2.24, 2.45) is 0 Å². The third-order valence-electron chi connectivity index (χ3n) is 4.20. The molecule has 128 valence electrons. The van der Waals surface area contributed by atoms with Gasteiger partial charge in [0, 0.05) is 30.9 Å². The van der Waals surface area contributed by atoms with Crippen LogP contribution < -0.4 is 5.32 Å². The van der Waals surface area contributed by atoms with Crippen molar-refractivity contribution in [2.45, 2.75) is 46.3 Å². The molecule has 0 bridgehead atoms. The van der Waals surface area contributed by atoms with E-state index in [1.54, 1.807) is 17.2 Å². The van der Waals surface area contributed by atoms with Gasteiger partial charge in [0.05, 0.1) is 12.3 Å². The number of nitrogens with one attached hydrogen (secondary N) is 1. The van der Waals surface area contributed by atoms with Crippen LogP contribution in [0.3, 0.4) is 0 Å². The Morgan fingerprint density at radius 1 is 1.38 bits per heavy atom. The standard InChI is InChI=1S/C17H22N4O3/c1-10(2)18-16(22)13-9-20-6-7-21(12(4)15(20)19-13)17(23)14-11(3)5-8-24-14/h5,8-10,12H,6-7H2,1-4H3,(H,18,22)/t12-/m0/s1. The number of hydrogen-bond donors (Lipinski definition) is 1. The van der Waals surface area contributed by atoms with E-state index in [0.717, 1.165) is 5.56 Å². The number of furan rings is 1. The molecule has 1 aliphatic rings. The van der Waals surface area contributed by atoms with Crippen molar-refractivity contribution < 1.29 is 14.0 Å². The van der Waals surface area contributed by atoms with Gasteiger partial charge in [-0.1, -0.05) is 0 Å². The molecular formula is C17H22N4O3. The molecule has 0 aliphatic carbocycles. The molecule has 2 aromatic rings. The summed E-state index contributed by atoms with van der Waals surface area (Å²) in [4.78, 5) is 31.0. The maximum absolute atomic E-state index is 12.7. The molecule has 7 nitrogen and oxygen atoms in total. The Labute approximate surface area is 140 Å². The van der Waals surface area contributed by atoms with Crippen molar-refractivity contribution in [3.63, 3.8) is 0 Å². The largest absolute Gasteiger partial charge is 0.459 e. The van der Waals surface area contributed by atoms with Gasteiger partial charge in [0.2, 0.25) is 0 Å². The predicted molar refractivity (Wildman–Crippen MR) is 87.7 cm³/mol. The molecule has 24 heavy (non-hydrogen) atoms. The molecule has 2 amide bonds. The van der Waals surface area contributed by atoms with E-state index in [4.69, 9.17) is 4.42 Å². The third-order valence-corrected chi connectivity index (χ3v) is 4.20. The number of imidazole rings is 1. The van der Waals surface area contributed by atoms with Gasteiger partial charge >= 0.3 is 0 Å². The zero-order valence-corrected chi connectivity index (χ0v) is 14.4. The highest BCUT2D eigenvalue weighted by molar-refractivity contribution is 5.93. The minimum absolute atomic E-state index is 0.0497. The minimum atomic E-state index is -0.226. The van der Waals surface area contributed by atoms with E-state index < -0.39 is 0 Å². The first kappa shape index (κ1) is 16.3. The fourth-order valence-electron chi connectivity index (χ4n) is 2.94. The molecule has 0 aromatic carbocycles. The lowest BCUT2D eigenvalue weighted by Crippen LogP contribution is -2.41. The lowest BCUT2D eigenvalue weighted by Gasteiger charge is -2.33. The molecule has 0 radical (unpaired) electrons. The Kier molecular flexibility index (Phi) is 4.17. The lowest BCUT2D eigenvalue weighted by atomic mass is 10.1. The quantitative estimate of drug-likeness (QED) is 0.935. The average Bonchev–Trinajstić information content (AvgIpc) is 3.13. The van der Waals surface area contributed by atoms with Crippen LogP contribution in [0.2, 0.25) is 0 Å². The second-order valence-corrected chi connectivity index (χ2v) is 6.41. The van der Waals surface area contributed by atoms with Crippen LogP contribution >= 0.6 is 0 Å². The van der Waals surface area contributed by atoms with Crippen molar-refractivity contribution >= 4 is 11.8 Å². The van der Waals surface area contributed by atoms with Gasteiger partial charge < -0.3 is 19.2 Å². The lowest BCUT2D eigenvalue weighted by molar-refractivity contribution is 0.0604. The second-order valence-electron chi connectivity index (χ2n) is 6.41. The number of rotatable bonds is 3. The van der Waals surface area contributed by atoms with Crippen molar-refractivity contribution in [1.82, 2.24) is 19.8 Å². The monoisotopic (exact) mass is 330 g/mol. The number of amides is 2. The Bertz CT molecular complexity index is 775. The predicted octanol–water partition coefficient (Wildman–Crippen LogP) is 2.14. The van der Waals surface area contributed by atoms with Gasteiger partial charge in [-0.2, -0.15) is 0 Å². The van der Waals surface area contributed by atoms with Crippen LogP contribution in [0.4, 0.5) is 0 Å². The molecule has 1 N–H and O–H groups in total. The number of carbonyl (C=O) groups excluding carboxylic acids is 2. The normalized spacial score (nSPS) is 17.0. The van der Waals surface area contributed by atoms with E-state index in [2.05, 4.69) is 10.3 Å². The average molecular weight is 330 g/mol. The van der Waals surface area contributed by atoms with Crippen molar-refractivity contribution in [3.8, 4) is 0 Å². The van der Waals surface area contributed by atoms with E-state index in [1.807, 2.05) is 32.3 Å². The Balaban J connectivity index is 1.84. The zero-order valence-electron chi connectivity index (χ0n) is 14.4. The molecule has 3 rings (SSSR count). The van der Waals surface area contributed by atoms with Crippen LogP contribution in [-0.4, -0.2) is 38.9 Å². The highest BCUT2D eigenvalue weighted by Gasteiger charge is 2.32. The zero-order chi connectivity index (χ0) is 17.4. The van der Waals surface area contributed by atoms with E-state index in [1.165, 1.54) is 6.26 Å². The summed E-state index contributed by atoms with van der Waals surface area (Å²) in [6, 6.07) is 1.60. The van der Waals surface area contributed by atoms with Crippen LogP contribution in [0.1, 0.15) is 59.2 Å². The molecule has 1 atom stereocenters. The highest BCUT2D eigenvalue weighted by atomic mass is 16.3. The first-order chi connectivity index (χ1) is 11.4. The molecule has 3 heterocycles. The fraction of sp³-hybridized carbons (Fsp3) is 0.471. The van der Waals surface area contributed by atoms with E-state index >= 15 is 0 Å². The molecule has 7 heteroatoms. The summed E-state index contributed by atoms with van der Waals surface area (Å²) in [5.41, 5.74) is 1.20. The van der Waals surface area contributed by atoms with Crippen LogP contribution in [0.15, 0.2) is 22.9 Å². The van der Waals surface area contributed by atoms with Crippen LogP contribution in [-0.2, 0) is 6.54 Å². The third kappa shape index (κ3) is 2.81. The molecular weight excluding hydrogens is 308 g/mol. The van der Waals surface area contributed by atoms with Gasteiger partial charge in [0.15, 0.2) is 5.76 Å². The van der Waals surface area contributed by atoms with Gasteiger partial charge in [-0.25, -0.2) is 4.98 Å². The van der Waals surface area contributed by atoms with Crippen LogP contribution in [0, 0.1) is 6.92 Å². The van der Waals surface area contributed by atoms with E-state index in [9.17, 15) is 9.59 Å². The highest BCUT2D eigenvalue weighted by Crippen LogP contribution is 2.27. The van der Waals surface area contributed by atoms with E-state index in [0.29, 0.717) is 30.4 Å². The summed E-state index contributed by atoms with van der Waals surface area (Å²) in [7, 11) is 0. The number of fused-ring (bicyclic) bond motifs is 1. The molecule has 0 spiro atoms. The van der Waals surface area contributed by atoms with Gasteiger partial charge in [0.1, 0.15) is 11.5 Å². The minimum Gasteiger partial charge on any atom is -0.459 e. The van der Waals surface area contributed by atoms with Crippen LogP contribution in [0.25, 0.3) is 0 Å². The van der Waals surface area contributed by atoms with Crippen molar-refractivity contribution in [2.75, 3.05) is 6.54 Å². The number of carbonyl (C=O) groups is 2. The Morgan fingerprint density at radius 3 is 2.75 bits per heavy atom. The summed E-state index contributed by atoms with van der Waals surface area (Å²) in [6.45, 7) is 8.73. The Hall–Kier alpha value is -2.57. The maximum Gasteiger partial charge on any atom is 0.290 e. The number of nitrogens with zero attached hydrogens (tertiary/aromatic N) is 3.